The quantitative estimate of drug-likeness (QED) is 0.735. The van der Waals surface area contributed by atoms with Crippen LogP contribution in [0.2, 0.25) is 0 Å². The average Bonchev–Trinajstić information content (AvgIpc) is 2.86. The summed E-state index contributed by atoms with van der Waals surface area (Å²) in [6.07, 6.45) is 2.66. The minimum absolute atomic E-state index is 0.0155. The van der Waals surface area contributed by atoms with Crippen molar-refractivity contribution in [2.45, 2.75) is 24.8 Å². The van der Waals surface area contributed by atoms with Gasteiger partial charge in [0.2, 0.25) is 15.9 Å². The van der Waals surface area contributed by atoms with E-state index in [1.54, 1.807) is 13.8 Å². The molecular weight excluding hydrogens is 258 g/mol. The Morgan fingerprint density at radius 2 is 2.22 bits per heavy atom. The Labute approximate surface area is 104 Å². The van der Waals surface area contributed by atoms with Gasteiger partial charge in [0.05, 0.1) is 18.4 Å². The minimum atomic E-state index is -3.75. The number of anilines is 1. The summed E-state index contributed by atoms with van der Waals surface area (Å²) in [6.45, 7) is 3.35. The van der Waals surface area contributed by atoms with E-state index in [9.17, 15) is 8.42 Å². The summed E-state index contributed by atoms with van der Waals surface area (Å²) in [5, 5.41) is 5.93. The summed E-state index contributed by atoms with van der Waals surface area (Å²) in [4.78, 5) is 3.86. The van der Waals surface area contributed by atoms with E-state index in [0.717, 1.165) is 6.20 Å². The molecule has 0 bridgehead atoms. The number of aryl methyl sites for hydroxylation is 1. The number of nitrogens with one attached hydrogen (secondary N) is 2. The molecule has 0 fully saturated rings. The van der Waals surface area contributed by atoms with Crippen molar-refractivity contribution in [3.63, 3.8) is 0 Å². The molecule has 0 aliphatic heterocycles. The molecule has 1 atom stereocenters. The summed E-state index contributed by atoms with van der Waals surface area (Å²) < 4.78 is 31.6. The molecule has 0 saturated carbocycles. The van der Waals surface area contributed by atoms with Crippen molar-refractivity contribution in [3.8, 4) is 0 Å². The van der Waals surface area contributed by atoms with E-state index in [-0.39, 0.29) is 16.6 Å². The van der Waals surface area contributed by atoms with Gasteiger partial charge in [-0.15, -0.1) is 0 Å². The number of sulfonamides is 1. The van der Waals surface area contributed by atoms with Gasteiger partial charge in [0.15, 0.2) is 0 Å². The third-order valence-electron chi connectivity index (χ3n) is 2.26. The molecule has 2 rings (SSSR count). The van der Waals surface area contributed by atoms with Gasteiger partial charge in [0, 0.05) is 0 Å². The van der Waals surface area contributed by atoms with Gasteiger partial charge in [0.25, 0.3) is 0 Å². The van der Waals surface area contributed by atoms with Crippen LogP contribution in [0.4, 0.5) is 5.82 Å². The molecule has 0 radical (unpaired) electrons. The maximum absolute atomic E-state index is 12.0. The van der Waals surface area contributed by atoms with Crippen molar-refractivity contribution in [1.29, 1.82) is 0 Å². The van der Waals surface area contributed by atoms with E-state index in [0.29, 0.717) is 5.76 Å². The van der Waals surface area contributed by atoms with Crippen molar-refractivity contribution in [2.24, 2.45) is 0 Å². The first-order valence-electron chi connectivity index (χ1n) is 5.13. The zero-order chi connectivity index (χ0) is 13.3. The number of nitrogens with zero attached hydrogens (tertiary/aromatic N) is 2. The fraction of sp³-hybridized carbons (Fsp3) is 0.333. The molecule has 18 heavy (non-hydrogen) atoms. The van der Waals surface area contributed by atoms with Crippen LogP contribution in [0, 0.1) is 6.92 Å². The Morgan fingerprint density at radius 1 is 1.50 bits per heavy atom. The number of hydrogen-bond acceptors (Lipinski definition) is 6. The van der Waals surface area contributed by atoms with Gasteiger partial charge in [-0.3, -0.25) is 5.10 Å². The molecule has 4 N–H and O–H groups in total. The lowest BCUT2D eigenvalue weighted by molar-refractivity contribution is 0.428. The summed E-state index contributed by atoms with van der Waals surface area (Å²) >= 11 is 0. The number of nitrogen functional groups attached to an aromatic ring is 1. The monoisotopic (exact) mass is 271 g/mol. The Morgan fingerprint density at radius 3 is 2.72 bits per heavy atom. The molecule has 0 amide bonds. The van der Waals surface area contributed by atoms with Crippen LogP contribution in [0.15, 0.2) is 21.7 Å². The van der Waals surface area contributed by atoms with Crippen LogP contribution in [0.5, 0.6) is 0 Å². The zero-order valence-corrected chi connectivity index (χ0v) is 10.7. The SMILES string of the molecule is Cc1cnc(C(C)NS(=O)(=O)c2cn[nH]c2N)o1. The van der Waals surface area contributed by atoms with Crippen molar-refractivity contribution >= 4 is 15.8 Å². The van der Waals surface area contributed by atoms with Crippen molar-refractivity contribution in [3.05, 3.63) is 24.0 Å². The van der Waals surface area contributed by atoms with Gasteiger partial charge in [-0.1, -0.05) is 0 Å². The van der Waals surface area contributed by atoms with E-state index in [4.69, 9.17) is 10.2 Å². The maximum Gasteiger partial charge on any atom is 0.246 e. The topological polar surface area (TPSA) is 127 Å². The zero-order valence-electron chi connectivity index (χ0n) is 9.84. The third kappa shape index (κ3) is 2.36. The summed E-state index contributed by atoms with van der Waals surface area (Å²) in [5.74, 6) is 0.885. The number of hydrogen-bond donors (Lipinski definition) is 3. The lowest BCUT2D eigenvalue weighted by Crippen LogP contribution is -2.27. The van der Waals surface area contributed by atoms with Crippen molar-refractivity contribution < 1.29 is 12.8 Å². The fourth-order valence-corrected chi connectivity index (χ4v) is 2.64. The Hall–Kier alpha value is -1.87. The van der Waals surface area contributed by atoms with Crippen LogP contribution in [0.3, 0.4) is 0 Å². The number of oxazole rings is 1. The second-order valence-corrected chi connectivity index (χ2v) is 5.48. The van der Waals surface area contributed by atoms with Gasteiger partial charge in [-0.05, 0) is 13.8 Å². The molecule has 98 valence electrons. The summed E-state index contributed by atoms with van der Waals surface area (Å²) in [7, 11) is -3.75. The number of nitrogens with two attached hydrogens (primary N) is 1. The van der Waals surface area contributed by atoms with Crippen LogP contribution in [0.25, 0.3) is 0 Å². The van der Waals surface area contributed by atoms with Gasteiger partial charge < -0.3 is 10.2 Å². The van der Waals surface area contributed by atoms with Gasteiger partial charge >= 0.3 is 0 Å². The molecule has 1 unspecified atom stereocenters. The number of rotatable bonds is 4. The highest BCUT2D eigenvalue weighted by Gasteiger charge is 2.24. The highest BCUT2D eigenvalue weighted by atomic mass is 32.2. The normalized spacial score (nSPS) is 13.7. The van der Waals surface area contributed by atoms with E-state index in [2.05, 4.69) is 19.9 Å². The van der Waals surface area contributed by atoms with Crippen LogP contribution < -0.4 is 10.5 Å². The van der Waals surface area contributed by atoms with E-state index >= 15 is 0 Å². The first kappa shape index (κ1) is 12.6. The molecule has 0 aromatic carbocycles. The second-order valence-electron chi connectivity index (χ2n) is 3.80. The summed E-state index contributed by atoms with van der Waals surface area (Å²) in [6, 6.07) is -0.599. The van der Waals surface area contributed by atoms with E-state index < -0.39 is 16.1 Å². The molecule has 0 aliphatic rings. The number of aromatic amines is 1. The molecule has 2 aromatic rings. The average molecular weight is 271 g/mol. The lowest BCUT2D eigenvalue weighted by atomic mass is 10.4. The number of aromatic nitrogens is 3. The number of H-pyrrole nitrogens is 1. The molecular formula is C9H13N5O3S. The molecule has 0 saturated heterocycles. The van der Waals surface area contributed by atoms with Gasteiger partial charge in [0.1, 0.15) is 16.5 Å². The molecule has 0 spiro atoms. The smallest absolute Gasteiger partial charge is 0.246 e. The van der Waals surface area contributed by atoms with Gasteiger partial charge in [-0.25, -0.2) is 13.4 Å². The van der Waals surface area contributed by atoms with Crippen LogP contribution >= 0.6 is 0 Å². The highest BCUT2D eigenvalue weighted by Crippen LogP contribution is 2.19. The van der Waals surface area contributed by atoms with Crippen LogP contribution in [-0.4, -0.2) is 23.6 Å². The predicted molar refractivity (Wildman–Crippen MR) is 63.0 cm³/mol. The minimum Gasteiger partial charge on any atom is -0.444 e. The second kappa shape index (κ2) is 4.42. The van der Waals surface area contributed by atoms with Crippen molar-refractivity contribution in [1.82, 2.24) is 19.9 Å². The Bertz CT molecular complexity index is 645. The van der Waals surface area contributed by atoms with E-state index in [1.807, 2.05) is 0 Å². The molecule has 8 nitrogen and oxygen atoms in total. The van der Waals surface area contributed by atoms with Crippen LogP contribution in [0.1, 0.15) is 24.6 Å². The Balaban J connectivity index is 2.21. The first-order chi connectivity index (χ1) is 8.40. The largest absolute Gasteiger partial charge is 0.444 e. The molecule has 2 heterocycles. The highest BCUT2D eigenvalue weighted by molar-refractivity contribution is 7.89. The first-order valence-corrected chi connectivity index (χ1v) is 6.62. The predicted octanol–water partition coefficient (Wildman–Crippen LogP) is 0.328. The third-order valence-corrected chi connectivity index (χ3v) is 3.83. The molecule has 9 heteroatoms. The fourth-order valence-electron chi connectivity index (χ4n) is 1.42. The van der Waals surface area contributed by atoms with E-state index in [1.165, 1.54) is 6.20 Å². The standard InChI is InChI=1S/C9H13N5O3S/c1-5-3-11-9(17-5)6(2)14-18(15,16)7-4-12-13-8(7)10/h3-4,6,14H,1-2H3,(H3,10,12,13). The maximum atomic E-state index is 12.0. The Kier molecular flexibility index (Phi) is 3.09. The summed E-state index contributed by atoms with van der Waals surface area (Å²) in [5.41, 5.74) is 5.47. The molecule has 2 aromatic heterocycles. The van der Waals surface area contributed by atoms with Gasteiger partial charge in [-0.2, -0.15) is 9.82 Å². The van der Waals surface area contributed by atoms with Crippen LogP contribution in [-0.2, 0) is 10.0 Å². The van der Waals surface area contributed by atoms with Crippen molar-refractivity contribution in [2.75, 3.05) is 5.73 Å². The lowest BCUT2D eigenvalue weighted by Gasteiger charge is -2.10. The molecule has 0 aliphatic carbocycles.